The van der Waals surface area contributed by atoms with Crippen molar-refractivity contribution in [3.63, 3.8) is 0 Å². The third kappa shape index (κ3) is 3.47. The first-order valence-corrected chi connectivity index (χ1v) is 9.74. The number of nitrogens with zero attached hydrogens (tertiary/aromatic N) is 3. The lowest BCUT2D eigenvalue weighted by atomic mass is 9.99. The average molecular weight is 383 g/mol. The molecule has 0 spiro atoms. The maximum atomic E-state index is 12.7. The zero-order valence-corrected chi connectivity index (χ0v) is 16.2. The van der Waals surface area contributed by atoms with Gasteiger partial charge in [-0.25, -0.2) is 4.98 Å². The van der Waals surface area contributed by atoms with E-state index in [1.54, 1.807) is 14.2 Å². The molecule has 140 valence electrons. The normalized spacial score (nSPS) is 13.5. The standard InChI is InChI=1S/C20H21N3O3S/c1-25-17-9-14-6-8-22(12-15(14)10-18(17)26-2)19(24)13-27-20-21-11-16-5-3-4-7-23(16)20/h3-5,7,9-11H,6,8,12-13H2,1-2H3. The van der Waals surface area contributed by atoms with E-state index in [2.05, 4.69) is 4.98 Å². The van der Waals surface area contributed by atoms with Gasteiger partial charge in [0.2, 0.25) is 5.91 Å². The maximum Gasteiger partial charge on any atom is 0.233 e. The molecule has 7 heteroatoms. The minimum Gasteiger partial charge on any atom is -0.493 e. The number of imidazole rings is 1. The van der Waals surface area contributed by atoms with Crippen LogP contribution in [0.2, 0.25) is 0 Å². The second-order valence-electron chi connectivity index (χ2n) is 6.37. The number of hydrogen-bond acceptors (Lipinski definition) is 5. The second kappa shape index (κ2) is 7.52. The van der Waals surface area contributed by atoms with Crippen molar-refractivity contribution in [3.05, 3.63) is 53.9 Å². The summed E-state index contributed by atoms with van der Waals surface area (Å²) in [5.41, 5.74) is 3.35. The Labute approximate surface area is 162 Å². The van der Waals surface area contributed by atoms with E-state index in [0.29, 0.717) is 24.6 Å². The van der Waals surface area contributed by atoms with Crippen molar-refractivity contribution in [2.45, 2.75) is 18.1 Å². The molecule has 4 rings (SSSR count). The number of pyridine rings is 1. The molecule has 3 heterocycles. The Kier molecular flexibility index (Phi) is 4.94. The molecule has 0 radical (unpaired) electrons. The van der Waals surface area contributed by atoms with Crippen molar-refractivity contribution in [2.75, 3.05) is 26.5 Å². The summed E-state index contributed by atoms with van der Waals surface area (Å²) in [6.45, 7) is 1.31. The Morgan fingerprint density at radius 3 is 2.74 bits per heavy atom. The zero-order chi connectivity index (χ0) is 18.8. The molecule has 0 fully saturated rings. The van der Waals surface area contributed by atoms with Crippen molar-refractivity contribution in [2.24, 2.45) is 0 Å². The van der Waals surface area contributed by atoms with Crippen LogP contribution in [0.3, 0.4) is 0 Å². The topological polar surface area (TPSA) is 56.1 Å². The summed E-state index contributed by atoms with van der Waals surface area (Å²) < 4.78 is 12.8. The molecule has 0 atom stereocenters. The molecule has 0 unspecified atom stereocenters. The Hall–Kier alpha value is -2.67. The molecule has 0 aliphatic carbocycles. The van der Waals surface area contributed by atoms with E-state index in [1.165, 1.54) is 17.3 Å². The predicted molar refractivity (Wildman–Crippen MR) is 105 cm³/mol. The van der Waals surface area contributed by atoms with E-state index < -0.39 is 0 Å². The van der Waals surface area contributed by atoms with Gasteiger partial charge in [0, 0.05) is 19.3 Å². The van der Waals surface area contributed by atoms with Crippen molar-refractivity contribution in [1.82, 2.24) is 14.3 Å². The average Bonchev–Trinajstić information content (AvgIpc) is 3.13. The summed E-state index contributed by atoms with van der Waals surface area (Å²) >= 11 is 1.47. The van der Waals surface area contributed by atoms with Gasteiger partial charge in [0.25, 0.3) is 0 Å². The lowest BCUT2D eigenvalue weighted by molar-refractivity contribution is -0.129. The van der Waals surface area contributed by atoms with E-state index in [0.717, 1.165) is 28.4 Å². The summed E-state index contributed by atoms with van der Waals surface area (Å²) in [5, 5.41) is 0.836. The smallest absolute Gasteiger partial charge is 0.233 e. The SMILES string of the molecule is COc1cc2c(cc1OC)CN(C(=O)CSc1ncc3ccccn13)CC2. The van der Waals surface area contributed by atoms with Crippen LogP contribution in [-0.2, 0) is 17.8 Å². The van der Waals surface area contributed by atoms with Crippen LogP contribution in [0.5, 0.6) is 11.5 Å². The van der Waals surface area contributed by atoms with Crippen LogP contribution >= 0.6 is 11.8 Å². The summed E-state index contributed by atoms with van der Waals surface area (Å²) in [7, 11) is 3.26. The third-order valence-electron chi connectivity index (χ3n) is 4.80. The van der Waals surface area contributed by atoms with Crippen LogP contribution in [0, 0.1) is 0 Å². The van der Waals surface area contributed by atoms with Crippen LogP contribution in [0.25, 0.3) is 5.52 Å². The molecule has 0 bridgehead atoms. The monoisotopic (exact) mass is 383 g/mol. The second-order valence-corrected chi connectivity index (χ2v) is 7.31. The Morgan fingerprint density at radius 1 is 1.19 bits per heavy atom. The molecule has 0 saturated heterocycles. The largest absolute Gasteiger partial charge is 0.493 e. The third-order valence-corrected chi connectivity index (χ3v) is 5.75. The highest BCUT2D eigenvalue weighted by molar-refractivity contribution is 7.99. The summed E-state index contributed by atoms with van der Waals surface area (Å²) in [6.07, 6.45) is 4.61. The Balaban J connectivity index is 1.45. The fourth-order valence-electron chi connectivity index (χ4n) is 3.34. The van der Waals surface area contributed by atoms with Gasteiger partial charge in [-0.3, -0.25) is 9.20 Å². The number of thioether (sulfide) groups is 1. The van der Waals surface area contributed by atoms with Gasteiger partial charge in [-0.15, -0.1) is 0 Å². The fourth-order valence-corrected chi connectivity index (χ4v) is 4.21. The zero-order valence-electron chi connectivity index (χ0n) is 15.3. The first kappa shape index (κ1) is 17.7. The Morgan fingerprint density at radius 2 is 1.96 bits per heavy atom. The van der Waals surface area contributed by atoms with Crippen molar-refractivity contribution >= 4 is 23.2 Å². The van der Waals surface area contributed by atoms with Crippen LogP contribution in [0.1, 0.15) is 11.1 Å². The van der Waals surface area contributed by atoms with Gasteiger partial charge in [-0.05, 0) is 41.8 Å². The maximum absolute atomic E-state index is 12.7. The molecule has 0 N–H and O–H groups in total. The number of rotatable bonds is 5. The van der Waals surface area contributed by atoms with Crippen LogP contribution in [0.15, 0.2) is 47.9 Å². The number of benzene rings is 1. The van der Waals surface area contributed by atoms with Crippen molar-refractivity contribution in [1.29, 1.82) is 0 Å². The number of ether oxygens (including phenoxy) is 2. The number of carbonyl (C=O) groups excluding carboxylic acids is 1. The lowest BCUT2D eigenvalue weighted by Gasteiger charge is -2.29. The van der Waals surface area contributed by atoms with E-state index in [4.69, 9.17) is 9.47 Å². The van der Waals surface area contributed by atoms with Gasteiger partial charge in [0.15, 0.2) is 16.7 Å². The van der Waals surface area contributed by atoms with Crippen LogP contribution in [0.4, 0.5) is 0 Å². The summed E-state index contributed by atoms with van der Waals surface area (Å²) in [5.74, 6) is 1.92. The number of hydrogen-bond donors (Lipinski definition) is 0. The highest BCUT2D eigenvalue weighted by Crippen LogP contribution is 2.33. The first-order chi connectivity index (χ1) is 13.2. The summed E-state index contributed by atoms with van der Waals surface area (Å²) in [6, 6.07) is 9.93. The van der Waals surface area contributed by atoms with E-state index in [-0.39, 0.29) is 5.91 Å². The molecule has 1 aromatic carbocycles. The molecule has 2 aromatic heterocycles. The number of carbonyl (C=O) groups is 1. The van der Waals surface area contributed by atoms with E-state index in [1.807, 2.05) is 52.0 Å². The highest BCUT2D eigenvalue weighted by atomic mass is 32.2. The minimum absolute atomic E-state index is 0.119. The van der Waals surface area contributed by atoms with Gasteiger partial charge in [0.1, 0.15) is 0 Å². The van der Waals surface area contributed by atoms with Gasteiger partial charge < -0.3 is 14.4 Å². The lowest BCUT2D eigenvalue weighted by Crippen LogP contribution is -2.37. The van der Waals surface area contributed by atoms with Gasteiger partial charge in [-0.2, -0.15) is 0 Å². The van der Waals surface area contributed by atoms with Gasteiger partial charge in [-0.1, -0.05) is 17.8 Å². The van der Waals surface area contributed by atoms with Crippen molar-refractivity contribution in [3.8, 4) is 11.5 Å². The van der Waals surface area contributed by atoms with Gasteiger partial charge >= 0.3 is 0 Å². The minimum atomic E-state index is 0.119. The number of fused-ring (bicyclic) bond motifs is 2. The fraction of sp³-hybridized carbons (Fsp3) is 0.300. The molecule has 1 aliphatic rings. The van der Waals surface area contributed by atoms with E-state index >= 15 is 0 Å². The van der Waals surface area contributed by atoms with Crippen LogP contribution < -0.4 is 9.47 Å². The van der Waals surface area contributed by atoms with E-state index in [9.17, 15) is 4.79 Å². The predicted octanol–water partition coefficient (Wildman–Crippen LogP) is 3.03. The highest BCUT2D eigenvalue weighted by Gasteiger charge is 2.23. The van der Waals surface area contributed by atoms with Crippen molar-refractivity contribution < 1.29 is 14.3 Å². The molecular formula is C20H21N3O3S. The Bertz CT molecular complexity index is 986. The molecule has 27 heavy (non-hydrogen) atoms. The molecule has 1 amide bonds. The number of amides is 1. The first-order valence-electron chi connectivity index (χ1n) is 8.76. The molecule has 3 aromatic rings. The molecule has 0 saturated carbocycles. The molecule has 1 aliphatic heterocycles. The quantitative estimate of drug-likeness (QED) is 0.634. The number of methoxy groups -OCH3 is 2. The van der Waals surface area contributed by atoms with Gasteiger partial charge in [0.05, 0.1) is 31.7 Å². The van der Waals surface area contributed by atoms with Crippen LogP contribution in [-0.4, -0.2) is 46.7 Å². The molecular weight excluding hydrogens is 362 g/mol. The summed E-state index contributed by atoms with van der Waals surface area (Å²) in [4.78, 5) is 19.0. The molecule has 6 nitrogen and oxygen atoms in total. The number of aromatic nitrogens is 2.